The van der Waals surface area contributed by atoms with Crippen molar-refractivity contribution < 1.29 is 4.79 Å². The van der Waals surface area contributed by atoms with Crippen LogP contribution in [0.3, 0.4) is 0 Å². The maximum atomic E-state index is 12.3. The summed E-state index contributed by atoms with van der Waals surface area (Å²) in [6, 6.07) is 12.0. The topological polar surface area (TPSA) is 20.3 Å². The molecule has 0 saturated heterocycles. The smallest absolute Gasteiger partial charge is 0.246 e. The zero-order valence-electron chi connectivity index (χ0n) is 11.7. The van der Waals surface area contributed by atoms with Crippen molar-refractivity contribution in [3.8, 4) is 0 Å². The number of rotatable bonds is 6. The molecular weight excluding hydrogens is 266 g/mol. The molecule has 0 unspecified atom stereocenters. The molecule has 0 fully saturated rings. The van der Waals surface area contributed by atoms with Gasteiger partial charge in [0.15, 0.2) is 0 Å². The van der Waals surface area contributed by atoms with Gasteiger partial charge in [-0.15, -0.1) is 0 Å². The predicted molar refractivity (Wildman–Crippen MR) is 85.5 cm³/mol. The minimum absolute atomic E-state index is 0.0712. The molecule has 0 atom stereocenters. The van der Waals surface area contributed by atoms with Crippen LogP contribution < -0.4 is 0 Å². The van der Waals surface area contributed by atoms with Crippen LogP contribution in [0.4, 0.5) is 0 Å². The summed E-state index contributed by atoms with van der Waals surface area (Å²) in [5, 5.41) is 4.14. The third-order valence-corrected chi connectivity index (χ3v) is 3.71. The van der Waals surface area contributed by atoms with E-state index >= 15 is 0 Å². The predicted octanol–water partition coefficient (Wildman–Crippen LogP) is 4.20. The van der Waals surface area contributed by atoms with Gasteiger partial charge >= 0.3 is 0 Å². The number of hydrogen-bond donors (Lipinski definition) is 0. The highest BCUT2D eigenvalue weighted by molar-refractivity contribution is 7.07. The summed E-state index contributed by atoms with van der Waals surface area (Å²) in [5.41, 5.74) is 2.25. The molecule has 3 heteroatoms. The summed E-state index contributed by atoms with van der Waals surface area (Å²) in [5.74, 6) is 0.0712. The highest BCUT2D eigenvalue weighted by atomic mass is 32.1. The van der Waals surface area contributed by atoms with Crippen LogP contribution in [0.1, 0.15) is 24.5 Å². The third kappa shape index (κ3) is 4.35. The maximum absolute atomic E-state index is 12.3. The van der Waals surface area contributed by atoms with Crippen LogP contribution in [0.5, 0.6) is 0 Å². The number of thiophene rings is 1. The fourth-order valence-electron chi connectivity index (χ4n) is 1.98. The van der Waals surface area contributed by atoms with Crippen LogP contribution in [0.2, 0.25) is 0 Å². The molecule has 20 heavy (non-hydrogen) atoms. The van der Waals surface area contributed by atoms with Crippen molar-refractivity contribution in [3.63, 3.8) is 0 Å². The molecule has 0 saturated carbocycles. The van der Waals surface area contributed by atoms with Crippen molar-refractivity contribution in [2.75, 3.05) is 6.54 Å². The number of benzene rings is 1. The third-order valence-electron chi connectivity index (χ3n) is 2.98. The van der Waals surface area contributed by atoms with E-state index in [0.717, 1.165) is 18.5 Å². The molecule has 0 bridgehead atoms. The Hall–Kier alpha value is -1.87. The summed E-state index contributed by atoms with van der Waals surface area (Å²) in [7, 11) is 0. The largest absolute Gasteiger partial charge is 0.335 e. The van der Waals surface area contributed by atoms with Gasteiger partial charge in [0, 0.05) is 19.2 Å². The number of nitrogens with zero attached hydrogens (tertiary/aromatic N) is 1. The van der Waals surface area contributed by atoms with Gasteiger partial charge < -0.3 is 4.90 Å². The van der Waals surface area contributed by atoms with Crippen molar-refractivity contribution in [1.29, 1.82) is 0 Å². The fraction of sp³-hybridized carbons (Fsp3) is 0.235. The van der Waals surface area contributed by atoms with E-state index in [1.807, 2.05) is 46.7 Å². The number of carbonyl (C=O) groups excluding carboxylic acids is 1. The molecule has 0 aliphatic carbocycles. The van der Waals surface area contributed by atoms with E-state index in [1.165, 1.54) is 5.56 Å². The molecular formula is C17H19NOS. The highest BCUT2D eigenvalue weighted by Crippen LogP contribution is 2.11. The average molecular weight is 285 g/mol. The zero-order chi connectivity index (χ0) is 14.2. The Morgan fingerprint density at radius 3 is 2.70 bits per heavy atom. The minimum Gasteiger partial charge on any atom is -0.335 e. The van der Waals surface area contributed by atoms with Gasteiger partial charge in [0.1, 0.15) is 0 Å². The lowest BCUT2D eigenvalue weighted by Crippen LogP contribution is -2.29. The Balaban J connectivity index is 2.01. The first kappa shape index (κ1) is 14.5. The van der Waals surface area contributed by atoms with Crippen molar-refractivity contribution in [2.45, 2.75) is 19.9 Å². The van der Waals surface area contributed by atoms with Gasteiger partial charge in [0.25, 0.3) is 0 Å². The summed E-state index contributed by atoms with van der Waals surface area (Å²) in [4.78, 5) is 14.2. The van der Waals surface area contributed by atoms with Crippen LogP contribution in [0, 0.1) is 0 Å². The first-order valence-corrected chi connectivity index (χ1v) is 7.77. The molecule has 1 amide bonds. The second-order valence-corrected chi connectivity index (χ2v) is 5.42. The van der Waals surface area contributed by atoms with Gasteiger partial charge in [0.2, 0.25) is 5.91 Å². The monoisotopic (exact) mass is 285 g/mol. The van der Waals surface area contributed by atoms with E-state index in [-0.39, 0.29) is 5.91 Å². The molecule has 2 nitrogen and oxygen atoms in total. The second-order valence-electron chi connectivity index (χ2n) is 4.64. The molecule has 1 heterocycles. The average Bonchev–Trinajstić information content (AvgIpc) is 2.98. The van der Waals surface area contributed by atoms with Gasteiger partial charge in [-0.3, -0.25) is 4.79 Å². The Kier molecular flexibility index (Phi) is 5.56. The summed E-state index contributed by atoms with van der Waals surface area (Å²) >= 11 is 1.67. The molecule has 104 valence electrons. The Morgan fingerprint density at radius 2 is 2.05 bits per heavy atom. The van der Waals surface area contributed by atoms with E-state index in [4.69, 9.17) is 0 Å². The van der Waals surface area contributed by atoms with Crippen molar-refractivity contribution >= 4 is 23.3 Å². The Labute approximate surface area is 124 Å². The quantitative estimate of drug-likeness (QED) is 0.728. The molecule has 0 radical (unpaired) electrons. The Morgan fingerprint density at radius 1 is 1.25 bits per heavy atom. The minimum atomic E-state index is 0.0712. The molecule has 0 aliphatic rings. The molecule has 2 aromatic rings. The van der Waals surface area contributed by atoms with Crippen molar-refractivity contribution in [3.05, 3.63) is 64.4 Å². The first-order valence-electron chi connectivity index (χ1n) is 6.82. The van der Waals surface area contributed by atoms with Crippen molar-refractivity contribution in [1.82, 2.24) is 4.90 Å². The number of carbonyl (C=O) groups is 1. The van der Waals surface area contributed by atoms with E-state index in [2.05, 4.69) is 18.4 Å². The van der Waals surface area contributed by atoms with Gasteiger partial charge in [0.05, 0.1) is 0 Å². The van der Waals surface area contributed by atoms with Crippen LogP contribution in [0.15, 0.2) is 53.2 Å². The van der Waals surface area contributed by atoms with Crippen LogP contribution in [-0.2, 0) is 11.3 Å². The van der Waals surface area contributed by atoms with Gasteiger partial charge in [-0.25, -0.2) is 0 Å². The highest BCUT2D eigenvalue weighted by Gasteiger charge is 2.10. The standard InChI is InChI=1S/C17H19NOS/c1-2-11-18(13-16-10-12-20-14-16)17(19)9-8-15-6-4-3-5-7-15/h3-10,12,14H,2,11,13H2,1H3/b9-8+. The maximum Gasteiger partial charge on any atom is 0.246 e. The summed E-state index contributed by atoms with van der Waals surface area (Å²) in [6.07, 6.45) is 4.50. The lowest BCUT2D eigenvalue weighted by Gasteiger charge is -2.19. The molecule has 0 N–H and O–H groups in total. The molecule has 0 spiro atoms. The lowest BCUT2D eigenvalue weighted by atomic mass is 10.2. The SMILES string of the molecule is CCCN(Cc1ccsc1)C(=O)/C=C/c1ccccc1. The second kappa shape index (κ2) is 7.65. The van der Waals surface area contributed by atoms with E-state index in [0.29, 0.717) is 6.54 Å². The van der Waals surface area contributed by atoms with Crippen LogP contribution in [0.25, 0.3) is 6.08 Å². The summed E-state index contributed by atoms with van der Waals surface area (Å²) in [6.45, 7) is 3.57. The van der Waals surface area contributed by atoms with Crippen LogP contribution >= 0.6 is 11.3 Å². The van der Waals surface area contributed by atoms with E-state index in [9.17, 15) is 4.79 Å². The fourth-order valence-corrected chi connectivity index (χ4v) is 2.64. The molecule has 1 aromatic heterocycles. The van der Waals surface area contributed by atoms with Crippen molar-refractivity contribution in [2.24, 2.45) is 0 Å². The molecule has 1 aromatic carbocycles. The first-order chi connectivity index (χ1) is 9.79. The zero-order valence-corrected chi connectivity index (χ0v) is 12.5. The van der Waals surface area contributed by atoms with E-state index in [1.54, 1.807) is 17.4 Å². The lowest BCUT2D eigenvalue weighted by molar-refractivity contribution is -0.126. The van der Waals surface area contributed by atoms with Gasteiger partial charge in [-0.1, -0.05) is 37.3 Å². The van der Waals surface area contributed by atoms with Crippen LogP contribution in [-0.4, -0.2) is 17.4 Å². The van der Waals surface area contributed by atoms with Gasteiger partial charge in [-0.05, 0) is 40.5 Å². The number of hydrogen-bond acceptors (Lipinski definition) is 2. The number of amides is 1. The Bertz CT molecular complexity index is 546. The normalized spacial score (nSPS) is 10.8. The summed E-state index contributed by atoms with van der Waals surface area (Å²) < 4.78 is 0. The van der Waals surface area contributed by atoms with E-state index < -0.39 is 0 Å². The molecule has 0 aliphatic heterocycles. The molecule has 2 rings (SSSR count). The van der Waals surface area contributed by atoms with Gasteiger partial charge in [-0.2, -0.15) is 11.3 Å².